The van der Waals surface area contributed by atoms with Gasteiger partial charge in [0, 0.05) is 37.1 Å². The molecule has 2 fully saturated rings. The van der Waals surface area contributed by atoms with Crippen LogP contribution in [-0.4, -0.2) is 30.1 Å². The Labute approximate surface area is 105 Å². The second-order valence-corrected chi connectivity index (χ2v) is 5.51. The molecule has 0 aromatic rings. The minimum Gasteiger partial charge on any atom is -0.401 e. The van der Waals surface area contributed by atoms with Gasteiger partial charge in [-0.05, 0) is 31.6 Å². The van der Waals surface area contributed by atoms with Crippen molar-refractivity contribution in [3.05, 3.63) is 11.9 Å². The summed E-state index contributed by atoms with van der Waals surface area (Å²) < 4.78 is 0. The number of nitrogens with two attached hydrogens (primary N) is 1. The molecule has 2 aliphatic rings. The normalized spacial score (nSPS) is 23.6. The van der Waals surface area contributed by atoms with E-state index in [1.54, 1.807) is 0 Å². The summed E-state index contributed by atoms with van der Waals surface area (Å²) in [5, 5.41) is 3.47. The van der Waals surface area contributed by atoms with E-state index in [1.165, 1.54) is 38.8 Å². The summed E-state index contributed by atoms with van der Waals surface area (Å²) in [5.74, 6) is 0.444. The maximum absolute atomic E-state index is 5.91. The lowest BCUT2D eigenvalue weighted by Crippen LogP contribution is -2.42. The Morgan fingerprint density at radius 3 is 2.29 bits per heavy atom. The van der Waals surface area contributed by atoms with Crippen LogP contribution in [0.3, 0.4) is 0 Å². The molecule has 4 heteroatoms. The molecule has 1 saturated heterocycles. The molecule has 2 rings (SSSR count). The molecule has 1 aliphatic carbocycles. The molecule has 0 amide bonds. The maximum atomic E-state index is 5.91. The number of likely N-dealkylation sites (tertiary alicyclic amines) is 1. The number of nitrogens with zero attached hydrogens (tertiary/aromatic N) is 1. The number of nitrogens with one attached hydrogen (secondary N) is 1. The van der Waals surface area contributed by atoms with Crippen molar-refractivity contribution in [2.24, 2.45) is 11.7 Å². The molecule has 0 radical (unpaired) electrons. The molecule has 0 spiro atoms. The van der Waals surface area contributed by atoms with Gasteiger partial charge >= 0.3 is 0 Å². The Kier molecular flexibility index (Phi) is 5.28. The van der Waals surface area contributed by atoms with Crippen LogP contribution in [0.25, 0.3) is 0 Å². The first-order valence-electron chi connectivity index (χ1n) is 6.62. The van der Waals surface area contributed by atoms with Crippen LogP contribution < -0.4 is 17.2 Å². The number of hydrogen-bond donors (Lipinski definition) is 3. The van der Waals surface area contributed by atoms with Gasteiger partial charge in [-0.2, -0.15) is 0 Å². The predicted molar refractivity (Wildman–Crippen MR) is 72.9 cm³/mol. The summed E-state index contributed by atoms with van der Waals surface area (Å²) in [6, 6.07) is 1.56. The Morgan fingerprint density at radius 2 is 1.82 bits per heavy atom. The van der Waals surface area contributed by atoms with Crippen molar-refractivity contribution in [3.8, 4) is 0 Å². The van der Waals surface area contributed by atoms with E-state index in [2.05, 4.69) is 24.1 Å². The highest BCUT2D eigenvalue weighted by Crippen LogP contribution is 2.29. The van der Waals surface area contributed by atoms with E-state index < -0.39 is 0 Å². The minimum absolute atomic E-state index is 0. The summed E-state index contributed by atoms with van der Waals surface area (Å²) in [6.45, 7) is 6.78. The topological polar surface area (TPSA) is 76.3 Å². The molecular formula is C13H28N4. The second-order valence-electron chi connectivity index (χ2n) is 5.51. The summed E-state index contributed by atoms with van der Waals surface area (Å²) in [4.78, 5) is 2.65. The van der Waals surface area contributed by atoms with Gasteiger partial charge in [0.05, 0.1) is 0 Å². The molecule has 0 aromatic heterocycles. The summed E-state index contributed by atoms with van der Waals surface area (Å²) >= 11 is 0. The third-order valence-electron chi connectivity index (χ3n) is 3.75. The van der Waals surface area contributed by atoms with E-state index in [9.17, 15) is 0 Å². The van der Waals surface area contributed by atoms with Crippen molar-refractivity contribution in [2.75, 3.05) is 13.1 Å². The quantitative estimate of drug-likeness (QED) is 0.700. The van der Waals surface area contributed by atoms with Gasteiger partial charge in [0.1, 0.15) is 0 Å². The van der Waals surface area contributed by atoms with Crippen LogP contribution in [-0.2, 0) is 0 Å². The summed E-state index contributed by atoms with van der Waals surface area (Å²) in [6.07, 6.45) is 7.40. The van der Waals surface area contributed by atoms with Crippen LogP contribution in [0.5, 0.6) is 0 Å². The summed E-state index contributed by atoms with van der Waals surface area (Å²) in [5.41, 5.74) is 6.87. The fourth-order valence-electron chi connectivity index (χ4n) is 2.25. The summed E-state index contributed by atoms with van der Waals surface area (Å²) in [7, 11) is 0. The lowest BCUT2D eigenvalue weighted by Gasteiger charge is -2.32. The highest BCUT2D eigenvalue weighted by atomic mass is 15.2. The van der Waals surface area contributed by atoms with Crippen molar-refractivity contribution in [2.45, 2.75) is 51.6 Å². The first-order chi connectivity index (χ1) is 7.66. The second kappa shape index (κ2) is 6.26. The average molecular weight is 240 g/mol. The van der Waals surface area contributed by atoms with Gasteiger partial charge in [-0.25, -0.2) is 0 Å². The highest BCUT2D eigenvalue weighted by molar-refractivity contribution is 4.99. The fraction of sp³-hybridized carbons (Fsp3) is 0.846. The zero-order valence-electron chi connectivity index (χ0n) is 11.3. The number of rotatable bonds is 4. The monoisotopic (exact) mass is 240 g/mol. The minimum atomic E-state index is 0. The van der Waals surface area contributed by atoms with Gasteiger partial charge in [-0.3, -0.25) is 0 Å². The first kappa shape index (κ1) is 14.3. The third kappa shape index (κ3) is 4.21. The van der Waals surface area contributed by atoms with E-state index in [1.807, 2.05) is 6.20 Å². The molecule has 1 heterocycles. The maximum Gasteiger partial charge on any atom is 0.0280 e. The van der Waals surface area contributed by atoms with Crippen molar-refractivity contribution < 1.29 is 0 Å². The Morgan fingerprint density at radius 1 is 1.24 bits per heavy atom. The van der Waals surface area contributed by atoms with E-state index >= 15 is 0 Å². The van der Waals surface area contributed by atoms with Gasteiger partial charge in [-0.1, -0.05) is 13.8 Å². The highest BCUT2D eigenvalue weighted by Gasteiger charge is 2.31. The molecule has 0 unspecified atom stereocenters. The molecule has 6 N–H and O–H groups in total. The Balaban J connectivity index is 0.00000144. The standard InChI is InChI=1S/C13H25N3.H3N/c1-10(2)13(14)9-15-11-5-7-16(8-6-11)12-3-4-12;/h9-12,15H,3-8,14H2,1-2H3;1H3/b13-9-;. The molecule has 0 aromatic carbocycles. The van der Waals surface area contributed by atoms with Crippen LogP contribution in [0.1, 0.15) is 39.5 Å². The van der Waals surface area contributed by atoms with Crippen LogP contribution >= 0.6 is 0 Å². The SMILES string of the molecule is CC(C)/C(N)=C/NC1CCN(C2CC2)CC1.N. The average Bonchev–Trinajstić information content (AvgIpc) is 3.10. The smallest absolute Gasteiger partial charge is 0.0280 e. The molecule has 17 heavy (non-hydrogen) atoms. The van der Waals surface area contributed by atoms with Gasteiger partial charge in [0.25, 0.3) is 0 Å². The largest absolute Gasteiger partial charge is 0.401 e. The van der Waals surface area contributed by atoms with Gasteiger partial charge in [0.2, 0.25) is 0 Å². The molecule has 1 aliphatic heterocycles. The zero-order valence-corrected chi connectivity index (χ0v) is 11.3. The van der Waals surface area contributed by atoms with Gasteiger partial charge in [-0.15, -0.1) is 0 Å². The van der Waals surface area contributed by atoms with Crippen LogP contribution in [0.15, 0.2) is 11.9 Å². The number of allylic oxidation sites excluding steroid dienone is 1. The third-order valence-corrected chi connectivity index (χ3v) is 3.75. The van der Waals surface area contributed by atoms with Gasteiger partial charge in [0.15, 0.2) is 0 Å². The van der Waals surface area contributed by atoms with Crippen molar-refractivity contribution >= 4 is 0 Å². The molecule has 1 saturated carbocycles. The molecule has 4 nitrogen and oxygen atoms in total. The molecule has 100 valence electrons. The van der Waals surface area contributed by atoms with E-state index in [-0.39, 0.29) is 6.15 Å². The molecule has 0 bridgehead atoms. The van der Waals surface area contributed by atoms with Crippen LogP contribution in [0.2, 0.25) is 0 Å². The van der Waals surface area contributed by atoms with Crippen molar-refractivity contribution in [1.82, 2.24) is 16.4 Å². The lowest BCUT2D eigenvalue weighted by molar-refractivity contribution is 0.195. The van der Waals surface area contributed by atoms with E-state index in [0.717, 1.165) is 11.7 Å². The van der Waals surface area contributed by atoms with Crippen LogP contribution in [0.4, 0.5) is 0 Å². The zero-order chi connectivity index (χ0) is 11.5. The van der Waals surface area contributed by atoms with Gasteiger partial charge < -0.3 is 22.1 Å². The Bertz CT molecular complexity index is 250. The van der Waals surface area contributed by atoms with E-state index in [0.29, 0.717) is 12.0 Å². The Hall–Kier alpha value is -0.740. The number of piperidine rings is 1. The van der Waals surface area contributed by atoms with Crippen molar-refractivity contribution in [3.63, 3.8) is 0 Å². The lowest BCUT2D eigenvalue weighted by atomic mass is 10.0. The molecular weight excluding hydrogens is 212 g/mol. The number of hydrogen-bond acceptors (Lipinski definition) is 4. The van der Waals surface area contributed by atoms with E-state index in [4.69, 9.17) is 5.73 Å². The first-order valence-corrected chi connectivity index (χ1v) is 6.62. The predicted octanol–water partition coefficient (Wildman–Crippen LogP) is 1.82. The van der Waals surface area contributed by atoms with Crippen LogP contribution in [0, 0.1) is 5.92 Å². The molecule has 0 atom stereocenters. The fourth-order valence-corrected chi connectivity index (χ4v) is 2.25. The van der Waals surface area contributed by atoms with Crippen molar-refractivity contribution in [1.29, 1.82) is 0 Å².